The van der Waals surface area contributed by atoms with E-state index in [1.807, 2.05) is 0 Å². The van der Waals surface area contributed by atoms with E-state index in [9.17, 15) is 13.6 Å². The van der Waals surface area contributed by atoms with Gasteiger partial charge in [0.2, 0.25) is 0 Å². The molecule has 0 spiro atoms. The Hall–Kier alpha value is -0.480. The summed E-state index contributed by atoms with van der Waals surface area (Å²) < 4.78 is 26.0. The van der Waals surface area contributed by atoms with Crippen molar-refractivity contribution in [2.75, 3.05) is 0 Å². The SMILES string of the molecule is O=CC(Cl)Cc1cc(Br)c(F)cc1F. The highest BCUT2D eigenvalue weighted by atomic mass is 79.9. The van der Waals surface area contributed by atoms with E-state index in [4.69, 9.17) is 11.6 Å². The van der Waals surface area contributed by atoms with Crippen LogP contribution in [0.1, 0.15) is 5.56 Å². The number of carbonyl (C=O) groups excluding carboxylic acids is 1. The molecule has 1 nitrogen and oxygen atoms in total. The number of benzene rings is 1. The summed E-state index contributed by atoms with van der Waals surface area (Å²) in [5.41, 5.74) is 0.213. The lowest BCUT2D eigenvalue weighted by Gasteiger charge is -2.05. The first kappa shape index (κ1) is 11.6. The Morgan fingerprint density at radius 3 is 2.64 bits per heavy atom. The zero-order valence-corrected chi connectivity index (χ0v) is 9.28. The van der Waals surface area contributed by atoms with Gasteiger partial charge in [0.05, 0.1) is 9.85 Å². The maximum atomic E-state index is 13.1. The number of rotatable bonds is 3. The fraction of sp³-hybridized carbons (Fsp3) is 0.222. The van der Waals surface area contributed by atoms with Gasteiger partial charge in [0.25, 0.3) is 0 Å². The topological polar surface area (TPSA) is 17.1 Å². The quantitative estimate of drug-likeness (QED) is 0.473. The monoisotopic (exact) mass is 282 g/mol. The molecule has 0 amide bonds. The third-order valence-electron chi connectivity index (χ3n) is 1.65. The Morgan fingerprint density at radius 1 is 1.43 bits per heavy atom. The molecule has 0 saturated heterocycles. The molecule has 0 aliphatic heterocycles. The number of hydrogen-bond acceptors (Lipinski definition) is 1. The van der Waals surface area contributed by atoms with Gasteiger partial charge in [-0.1, -0.05) is 0 Å². The Bertz CT molecular complexity index is 357. The molecule has 0 fully saturated rings. The lowest BCUT2D eigenvalue weighted by molar-refractivity contribution is -0.107. The van der Waals surface area contributed by atoms with Gasteiger partial charge in [-0.2, -0.15) is 0 Å². The summed E-state index contributed by atoms with van der Waals surface area (Å²) in [7, 11) is 0. The van der Waals surface area contributed by atoms with E-state index in [0.717, 1.165) is 6.07 Å². The number of alkyl halides is 1. The summed E-state index contributed by atoms with van der Waals surface area (Å²) in [4.78, 5) is 10.2. The van der Waals surface area contributed by atoms with Crippen molar-refractivity contribution in [3.05, 3.63) is 33.8 Å². The van der Waals surface area contributed by atoms with E-state index in [1.165, 1.54) is 6.07 Å². The summed E-state index contributed by atoms with van der Waals surface area (Å²) in [6, 6.07) is 2.04. The molecular weight excluding hydrogens is 277 g/mol. The number of carbonyl (C=O) groups is 1. The fourth-order valence-corrected chi connectivity index (χ4v) is 1.54. The van der Waals surface area contributed by atoms with Crippen LogP contribution in [0.15, 0.2) is 16.6 Å². The molecular formula is C9H6BrClF2O. The second kappa shape index (κ2) is 4.84. The van der Waals surface area contributed by atoms with Crippen LogP contribution in [0.5, 0.6) is 0 Å². The molecule has 0 heterocycles. The van der Waals surface area contributed by atoms with E-state index in [2.05, 4.69) is 15.9 Å². The maximum Gasteiger partial charge on any atom is 0.140 e. The largest absolute Gasteiger partial charge is 0.302 e. The van der Waals surface area contributed by atoms with E-state index in [1.54, 1.807) is 0 Å². The number of hydrogen-bond donors (Lipinski definition) is 0. The van der Waals surface area contributed by atoms with Crippen molar-refractivity contribution in [2.24, 2.45) is 0 Å². The molecule has 1 atom stereocenters. The molecule has 1 aromatic rings. The van der Waals surface area contributed by atoms with Crippen molar-refractivity contribution in [3.63, 3.8) is 0 Å². The molecule has 0 bridgehead atoms. The highest BCUT2D eigenvalue weighted by Crippen LogP contribution is 2.21. The van der Waals surface area contributed by atoms with E-state index < -0.39 is 17.0 Å². The Labute approximate surface area is 93.2 Å². The standard InChI is InChI=1S/C9H6BrClF2O/c10-7-2-5(1-6(11)4-14)8(12)3-9(7)13/h2-4,6H,1H2. The van der Waals surface area contributed by atoms with Gasteiger partial charge in [-0.15, -0.1) is 11.6 Å². The normalized spacial score (nSPS) is 12.6. The van der Waals surface area contributed by atoms with Gasteiger partial charge in [0.15, 0.2) is 0 Å². The molecule has 0 N–H and O–H groups in total. The summed E-state index contributed by atoms with van der Waals surface area (Å²) in [6.45, 7) is 0. The van der Waals surface area contributed by atoms with Crippen molar-refractivity contribution in [1.82, 2.24) is 0 Å². The van der Waals surface area contributed by atoms with Crippen LogP contribution < -0.4 is 0 Å². The Morgan fingerprint density at radius 2 is 2.07 bits per heavy atom. The van der Waals surface area contributed by atoms with Crippen LogP contribution in [-0.2, 0) is 11.2 Å². The molecule has 0 aliphatic carbocycles. The van der Waals surface area contributed by atoms with Gasteiger partial charge >= 0.3 is 0 Å². The van der Waals surface area contributed by atoms with Crippen molar-refractivity contribution < 1.29 is 13.6 Å². The van der Waals surface area contributed by atoms with Crippen LogP contribution in [-0.4, -0.2) is 11.7 Å². The number of aldehydes is 1. The first-order chi connectivity index (χ1) is 6.54. The smallest absolute Gasteiger partial charge is 0.140 e. The minimum Gasteiger partial charge on any atom is -0.302 e. The lowest BCUT2D eigenvalue weighted by Crippen LogP contribution is -2.06. The van der Waals surface area contributed by atoms with Crippen LogP contribution in [0.25, 0.3) is 0 Å². The van der Waals surface area contributed by atoms with Crippen molar-refractivity contribution in [1.29, 1.82) is 0 Å². The second-order valence-electron chi connectivity index (χ2n) is 2.71. The van der Waals surface area contributed by atoms with Crippen LogP contribution >= 0.6 is 27.5 Å². The summed E-state index contributed by atoms with van der Waals surface area (Å²) in [5.74, 6) is -1.37. The van der Waals surface area contributed by atoms with Crippen LogP contribution in [0.4, 0.5) is 8.78 Å². The lowest BCUT2D eigenvalue weighted by atomic mass is 10.1. The predicted molar refractivity (Wildman–Crippen MR) is 53.5 cm³/mol. The van der Waals surface area contributed by atoms with Crippen LogP contribution in [0.3, 0.4) is 0 Å². The van der Waals surface area contributed by atoms with Gasteiger partial charge in [-0.3, -0.25) is 0 Å². The molecule has 5 heteroatoms. The summed E-state index contributed by atoms with van der Waals surface area (Å²) in [5, 5.41) is -0.790. The molecule has 0 radical (unpaired) electrons. The average molecular weight is 283 g/mol. The third-order valence-corrected chi connectivity index (χ3v) is 2.52. The van der Waals surface area contributed by atoms with Gasteiger partial charge < -0.3 is 4.79 Å². The molecule has 0 saturated carbocycles. The van der Waals surface area contributed by atoms with Crippen molar-refractivity contribution >= 4 is 33.8 Å². The van der Waals surface area contributed by atoms with E-state index >= 15 is 0 Å². The van der Waals surface area contributed by atoms with Crippen molar-refractivity contribution in [3.8, 4) is 0 Å². The first-order valence-electron chi connectivity index (χ1n) is 3.77. The first-order valence-corrected chi connectivity index (χ1v) is 5.00. The van der Waals surface area contributed by atoms with Gasteiger partial charge in [-0.25, -0.2) is 8.78 Å². The zero-order valence-electron chi connectivity index (χ0n) is 6.94. The summed E-state index contributed by atoms with van der Waals surface area (Å²) >= 11 is 8.44. The number of halogens is 4. The highest BCUT2D eigenvalue weighted by molar-refractivity contribution is 9.10. The van der Waals surface area contributed by atoms with Crippen molar-refractivity contribution in [2.45, 2.75) is 11.8 Å². The predicted octanol–water partition coefficient (Wildman–Crippen LogP) is 3.08. The molecule has 1 aromatic carbocycles. The highest BCUT2D eigenvalue weighted by Gasteiger charge is 2.11. The van der Waals surface area contributed by atoms with Gasteiger partial charge in [0, 0.05) is 6.07 Å². The fourth-order valence-electron chi connectivity index (χ4n) is 0.978. The minimum atomic E-state index is -0.790. The molecule has 1 rings (SSSR count). The van der Waals surface area contributed by atoms with Crippen LogP contribution in [0.2, 0.25) is 0 Å². The molecule has 0 aromatic heterocycles. The molecule has 14 heavy (non-hydrogen) atoms. The molecule has 0 aliphatic rings. The second-order valence-corrected chi connectivity index (χ2v) is 4.13. The van der Waals surface area contributed by atoms with E-state index in [-0.39, 0.29) is 16.5 Å². The van der Waals surface area contributed by atoms with Crippen LogP contribution in [0, 0.1) is 11.6 Å². The van der Waals surface area contributed by atoms with E-state index in [0.29, 0.717) is 6.29 Å². The van der Waals surface area contributed by atoms with Gasteiger partial charge in [0.1, 0.15) is 17.9 Å². The Balaban J connectivity index is 2.97. The van der Waals surface area contributed by atoms with Gasteiger partial charge in [-0.05, 0) is 34.0 Å². The third kappa shape index (κ3) is 2.75. The Kier molecular flexibility index (Phi) is 4.01. The zero-order chi connectivity index (χ0) is 10.7. The maximum absolute atomic E-state index is 13.1. The summed E-state index contributed by atoms with van der Waals surface area (Å²) in [6.07, 6.45) is 0.564. The molecule has 76 valence electrons. The molecule has 1 unspecified atom stereocenters. The average Bonchev–Trinajstić information content (AvgIpc) is 2.14. The minimum absolute atomic E-state index is 0.0514.